The molecule has 0 amide bonds. The van der Waals surface area contributed by atoms with Crippen LogP contribution in [0.25, 0.3) is 10.1 Å². The summed E-state index contributed by atoms with van der Waals surface area (Å²) in [5.74, 6) is -0.827. The third-order valence-corrected chi connectivity index (χ3v) is 4.96. The summed E-state index contributed by atoms with van der Waals surface area (Å²) in [7, 11) is 0. The Hall–Kier alpha value is -1.39. The fraction of sp³-hybridized carbons (Fsp3) is 0.471. The molecule has 0 aliphatic heterocycles. The van der Waals surface area contributed by atoms with Gasteiger partial charge in [-0.3, -0.25) is 0 Å². The monoisotopic (exact) mass is 305 g/mol. The van der Waals surface area contributed by atoms with Crippen molar-refractivity contribution in [2.24, 2.45) is 0 Å². The van der Waals surface area contributed by atoms with Crippen LogP contribution in [0.15, 0.2) is 24.3 Å². The summed E-state index contributed by atoms with van der Waals surface area (Å²) in [6.07, 6.45) is 4.85. The highest BCUT2D eigenvalue weighted by Gasteiger charge is 2.17. The van der Waals surface area contributed by atoms with E-state index in [0.717, 1.165) is 22.1 Å². The van der Waals surface area contributed by atoms with E-state index in [1.807, 2.05) is 24.3 Å². The first-order valence-corrected chi connectivity index (χ1v) is 8.42. The molecule has 2 aromatic rings. The Morgan fingerprint density at radius 2 is 2.10 bits per heavy atom. The van der Waals surface area contributed by atoms with Gasteiger partial charge in [0.1, 0.15) is 4.88 Å². The van der Waals surface area contributed by atoms with Crippen LogP contribution < -0.4 is 5.32 Å². The molecule has 2 N–H and O–H groups in total. The van der Waals surface area contributed by atoms with Crippen molar-refractivity contribution in [1.82, 2.24) is 5.32 Å². The van der Waals surface area contributed by atoms with Gasteiger partial charge in [-0.05, 0) is 30.4 Å². The van der Waals surface area contributed by atoms with Crippen molar-refractivity contribution in [2.75, 3.05) is 0 Å². The first-order valence-electron chi connectivity index (χ1n) is 7.60. The molecule has 0 aliphatic carbocycles. The lowest BCUT2D eigenvalue weighted by Gasteiger charge is -2.13. The van der Waals surface area contributed by atoms with Crippen LogP contribution in [0.1, 0.15) is 54.8 Å². The highest BCUT2D eigenvalue weighted by molar-refractivity contribution is 7.21. The number of thiophene rings is 1. The molecule has 1 aromatic carbocycles. The number of carboxylic acids is 1. The standard InChI is InChI=1S/C17H23NO2S/c1-3-4-5-8-12(2)18-11-14-13-9-6-7-10-15(13)21-16(14)17(19)20/h6-7,9-10,12,18H,3-5,8,11H2,1-2H3,(H,19,20). The molecule has 0 bridgehead atoms. The molecule has 2 rings (SSSR count). The quantitative estimate of drug-likeness (QED) is 0.697. The average molecular weight is 305 g/mol. The normalized spacial score (nSPS) is 12.7. The molecular weight excluding hydrogens is 282 g/mol. The molecule has 0 radical (unpaired) electrons. The van der Waals surface area contributed by atoms with Gasteiger partial charge in [0.05, 0.1) is 0 Å². The molecule has 1 atom stereocenters. The van der Waals surface area contributed by atoms with Crippen LogP contribution >= 0.6 is 11.3 Å². The zero-order valence-electron chi connectivity index (χ0n) is 12.7. The summed E-state index contributed by atoms with van der Waals surface area (Å²) in [5.41, 5.74) is 0.922. The number of carboxylic acid groups (broad SMARTS) is 1. The molecule has 1 aromatic heterocycles. The highest BCUT2D eigenvalue weighted by atomic mass is 32.1. The van der Waals surface area contributed by atoms with Gasteiger partial charge < -0.3 is 10.4 Å². The Morgan fingerprint density at radius 1 is 1.33 bits per heavy atom. The van der Waals surface area contributed by atoms with E-state index in [-0.39, 0.29) is 0 Å². The molecule has 0 saturated heterocycles. The maximum absolute atomic E-state index is 11.4. The Kier molecular flexibility index (Phi) is 5.76. The van der Waals surface area contributed by atoms with Crippen molar-refractivity contribution in [2.45, 2.75) is 52.1 Å². The smallest absolute Gasteiger partial charge is 0.346 e. The molecule has 1 heterocycles. The number of carbonyl (C=O) groups is 1. The molecule has 1 unspecified atom stereocenters. The lowest BCUT2D eigenvalue weighted by atomic mass is 10.1. The largest absolute Gasteiger partial charge is 0.477 e. The molecule has 0 saturated carbocycles. The first kappa shape index (κ1) is 16.0. The van der Waals surface area contributed by atoms with Crippen molar-refractivity contribution in [1.29, 1.82) is 0 Å². The lowest BCUT2D eigenvalue weighted by molar-refractivity contribution is 0.0701. The Balaban J connectivity index is 2.10. The van der Waals surface area contributed by atoms with Crippen LogP contribution in [0.3, 0.4) is 0 Å². The van der Waals surface area contributed by atoms with Gasteiger partial charge in [0, 0.05) is 17.3 Å². The van der Waals surface area contributed by atoms with Crippen molar-refractivity contribution in [3.05, 3.63) is 34.7 Å². The molecule has 0 aliphatic rings. The summed E-state index contributed by atoms with van der Waals surface area (Å²) in [5, 5.41) is 13.9. The van der Waals surface area contributed by atoms with Gasteiger partial charge in [0.25, 0.3) is 0 Å². The zero-order valence-corrected chi connectivity index (χ0v) is 13.5. The maximum Gasteiger partial charge on any atom is 0.346 e. The third kappa shape index (κ3) is 4.05. The highest BCUT2D eigenvalue weighted by Crippen LogP contribution is 2.31. The number of nitrogens with one attached hydrogen (secondary N) is 1. The summed E-state index contributed by atoms with van der Waals surface area (Å²) in [6, 6.07) is 8.33. The third-order valence-electron chi connectivity index (χ3n) is 3.76. The van der Waals surface area contributed by atoms with Gasteiger partial charge in [0.2, 0.25) is 0 Å². The van der Waals surface area contributed by atoms with Crippen LogP contribution in [0.5, 0.6) is 0 Å². The Bertz CT molecular complexity index is 606. The second-order valence-corrected chi connectivity index (χ2v) is 6.54. The van der Waals surface area contributed by atoms with E-state index >= 15 is 0 Å². The van der Waals surface area contributed by atoms with Crippen molar-refractivity contribution < 1.29 is 9.90 Å². The predicted molar refractivity (Wildman–Crippen MR) is 89.2 cm³/mol. The second-order valence-electron chi connectivity index (χ2n) is 5.49. The van der Waals surface area contributed by atoms with Crippen LogP contribution in [-0.2, 0) is 6.54 Å². The van der Waals surface area contributed by atoms with E-state index < -0.39 is 5.97 Å². The Morgan fingerprint density at radius 3 is 2.81 bits per heavy atom. The van der Waals surface area contributed by atoms with Crippen molar-refractivity contribution >= 4 is 27.4 Å². The van der Waals surface area contributed by atoms with E-state index in [9.17, 15) is 9.90 Å². The van der Waals surface area contributed by atoms with Gasteiger partial charge >= 0.3 is 5.97 Å². The minimum atomic E-state index is -0.827. The average Bonchev–Trinajstić information content (AvgIpc) is 2.84. The lowest BCUT2D eigenvalue weighted by Crippen LogP contribution is -2.25. The Labute approximate surface area is 130 Å². The molecule has 0 fully saturated rings. The SMILES string of the molecule is CCCCCC(C)NCc1c(C(=O)O)sc2ccccc12. The topological polar surface area (TPSA) is 49.3 Å². The number of fused-ring (bicyclic) bond motifs is 1. The fourth-order valence-corrected chi connectivity index (χ4v) is 3.59. The molecule has 3 nitrogen and oxygen atoms in total. The number of benzene rings is 1. The van der Waals surface area contributed by atoms with Gasteiger partial charge in [-0.15, -0.1) is 11.3 Å². The number of hydrogen-bond donors (Lipinski definition) is 2. The first-order chi connectivity index (χ1) is 10.1. The number of hydrogen-bond acceptors (Lipinski definition) is 3. The van der Waals surface area contributed by atoms with Gasteiger partial charge in [-0.2, -0.15) is 0 Å². The predicted octanol–water partition coefficient (Wildman–Crippen LogP) is 4.66. The number of unbranched alkanes of at least 4 members (excludes halogenated alkanes) is 2. The van der Waals surface area contributed by atoms with E-state index in [4.69, 9.17) is 0 Å². The summed E-state index contributed by atoms with van der Waals surface area (Å²) in [4.78, 5) is 11.9. The summed E-state index contributed by atoms with van der Waals surface area (Å²) in [6.45, 7) is 5.00. The van der Waals surface area contributed by atoms with Gasteiger partial charge in [-0.1, -0.05) is 44.4 Å². The molecule has 114 valence electrons. The zero-order chi connectivity index (χ0) is 15.2. The van der Waals surface area contributed by atoms with Gasteiger partial charge in [0.15, 0.2) is 0 Å². The van der Waals surface area contributed by atoms with Crippen LogP contribution in [-0.4, -0.2) is 17.1 Å². The van der Waals surface area contributed by atoms with E-state index in [0.29, 0.717) is 17.5 Å². The summed E-state index contributed by atoms with van der Waals surface area (Å²) >= 11 is 1.37. The minimum Gasteiger partial charge on any atom is -0.477 e. The molecular formula is C17H23NO2S. The molecule has 21 heavy (non-hydrogen) atoms. The van der Waals surface area contributed by atoms with Crippen LogP contribution in [0, 0.1) is 0 Å². The second kappa shape index (κ2) is 7.57. The number of rotatable bonds is 8. The van der Waals surface area contributed by atoms with Crippen LogP contribution in [0.4, 0.5) is 0 Å². The van der Waals surface area contributed by atoms with Gasteiger partial charge in [-0.25, -0.2) is 4.79 Å². The van der Waals surface area contributed by atoms with Crippen molar-refractivity contribution in [3.63, 3.8) is 0 Å². The summed E-state index contributed by atoms with van der Waals surface area (Å²) < 4.78 is 1.05. The minimum absolute atomic E-state index is 0.414. The number of aromatic carboxylic acids is 1. The van der Waals surface area contributed by atoms with E-state index in [1.54, 1.807) is 0 Å². The maximum atomic E-state index is 11.4. The molecule has 0 spiro atoms. The molecule has 4 heteroatoms. The van der Waals surface area contributed by atoms with E-state index in [2.05, 4.69) is 19.2 Å². The van der Waals surface area contributed by atoms with E-state index in [1.165, 1.54) is 30.6 Å². The van der Waals surface area contributed by atoms with Crippen LogP contribution in [0.2, 0.25) is 0 Å². The fourth-order valence-electron chi connectivity index (χ4n) is 2.53. The van der Waals surface area contributed by atoms with Crippen molar-refractivity contribution in [3.8, 4) is 0 Å².